The zero-order valence-corrected chi connectivity index (χ0v) is 14.5. The summed E-state index contributed by atoms with van der Waals surface area (Å²) in [5.41, 5.74) is 1.24. The molecule has 0 fully saturated rings. The van der Waals surface area contributed by atoms with Crippen LogP contribution in [0.2, 0.25) is 0 Å². The first kappa shape index (κ1) is 18.0. The molecule has 0 unspecified atom stereocenters. The zero-order chi connectivity index (χ0) is 13.4. The third kappa shape index (κ3) is 6.13. The van der Waals surface area contributed by atoms with Crippen LogP contribution in [0.3, 0.4) is 0 Å². The van der Waals surface area contributed by atoms with E-state index in [4.69, 9.17) is 4.74 Å². The normalized spacial score (nSPS) is 10.6. The number of hydrogen-bond acceptors (Lipinski definition) is 2. The summed E-state index contributed by atoms with van der Waals surface area (Å²) in [6.07, 6.45) is 0. The van der Waals surface area contributed by atoms with Crippen LogP contribution in [0.4, 0.5) is 0 Å². The Bertz CT molecular complexity index is 379. The van der Waals surface area contributed by atoms with Gasteiger partial charge in [-0.2, -0.15) is 0 Å². The Morgan fingerprint density at radius 2 is 1.89 bits per heavy atom. The van der Waals surface area contributed by atoms with Gasteiger partial charge in [0.05, 0.1) is 6.61 Å². The molecule has 0 aromatic heterocycles. The Hall–Kier alpha value is -0.980. The molecule has 0 bridgehead atoms. The molecule has 108 valence electrons. The van der Waals surface area contributed by atoms with Crippen molar-refractivity contribution >= 4 is 29.9 Å². The van der Waals surface area contributed by atoms with Gasteiger partial charge in [0, 0.05) is 27.2 Å². The highest BCUT2D eigenvalue weighted by Crippen LogP contribution is 2.13. The van der Waals surface area contributed by atoms with Gasteiger partial charge in [-0.1, -0.05) is 12.1 Å². The van der Waals surface area contributed by atoms with Crippen LogP contribution < -0.4 is 10.1 Å². The number of ether oxygens (including phenoxy) is 1. The quantitative estimate of drug-likeness (QED) is 0.487. The largest absolute Gasteiger partial charge is 0.494 e. The molecule has 0 saturated carbocycles. The minimum atomic E-state index is 0. The maximum absolute atomic E-state index is 5.42. The monoisotopic (exact) mass is 377 g/mol. The lowest BCUT2D eigenvalue weighted by molar-refractivity contribution is 0.340. The number of aliphatic imine (C=N–C) groups is 1. The number of guanidine groups is 1. The van der Waals surface area contributed by atoms with Crippen molar-refractivity contribution in [3.8, 4) is 5.75 Å². The Kier molecular flexibility index (Phi) is 9.38. The lowest BCUT2D eigenvalue weighted by atomic mass is 10.2. The van der Waals surface area contributed by atoms with E-state index in [-0.39, 0.29) is 24.0 Å². The van der Waals surface area contributed by atoms with E-state index in [0.29, 0.717) is 6.61 Å². The summed E-state index contributed by atoms with van der Waals surface area (Å²) in [7, 11) is 3.83. The van der Waals surface area contributed by atoms with Crippen molar-refractivity contribution in [3.05, 3.63) is 29.8 Å². The van der Waals surface area contributed by atoms with Crippen LogP contribution in [0.25, 0.3) is 0 Å². The molecule has 0 amide bonds. The molecule has 1 N–H and O–H groups in total. The second-order valence-electron chi connectivity index (χ2n) is 4.01. The maximum atomic E-state index is 5.42. The number of hydrogen-bond donors (Lipinski definition) is 1. The number of rotatable bonds is 5. The average Bonchev–Trinajstić information content (AvgIpc) is 2.38. The maximum Gasteiger partial charge on any atom is 0.193 e. The van der Waals surface area contributed by atoms with Crippen LogP contribution in [0.1, 0.15) is 19.4 Å². The molecule has 1 aromatic carbocycles. The van der Waals surface area contributed by atoms with Gasteiger partial charge < -0.3 is 15.0 Å². The number of nitrogens with one attached hydrogen (secondary N) is 1. The van der Waals surface area contributed by atoms with Gasteiger partial charge in [-0.25, -0.2) is 0 Å². The Balaban J connectivity index is 0.00000324. The minimum Gasteiger partial charge on any atom is -0.494 e. The fraction of sp³-hybridized carbons (Fsp3) is 0.500. The molecule has 0 spiro atoms. The van der Waals surface area contributed by atoms with E-state index in [1.165, 1.54) is 5.56 Å². The molecule has 0 saturated heterocycles. The molecule has 4 nitrogen and oxygen atoms in total. The fourth-order valence-electron chi connectivity index (χ4n) is 1.75. The van der Waals surface area contributed by atoms with E-state index in [9.17, 15) is 0 Å². The van der Waals surface area contributed by atoms with Gasteiger partial charge in [-0.3, -0.25) is 4.99 Å². The Morgan fingerprint density at radius 1 is 1.26 bits per heavy atom. The summed E-state index contributed by atoms with van der Waals surface area (Å²) in [6.45, 7) is 6.46. The molecule has 0 atom stereocenters. The van der Waals surface area contributed by atoms with Gasteiger partial charge in [0.15, 0.2) is 5.96 Å². The lowest BCUT2D eigenvalue weighted by Gasteiger charge is -2.21. The predicted octanol–water partition coefficient (Wildman–Crippen LogP) is 2.73. The topological polar surface area (TPSA) is 36.9 Å². The molecule has 19 heavy (non-hydrogen) atoms. The van der Waals surface area contributed by atoms with Crippen LogP contribution in [0.15, 0.2) is 29.3 Å². The first-order valence-corrected chi connectivity index (χ1v) is 6.34. The van der Waals surface area contributed by atoms with Gasteiger partial charge in [-0.05, 0) is 31.5 Å². The Morgan fingerprint density at radius 3 is 2.37 bits per heavy atom. The van der Waals surface area contributed by atoms with E-state index >= 15 is 0 Å². The second-order valence-corrected chi connectivity index (χ2v) is 4.01. The first-order chi connectivity index (χ1) is 8.71. The predicted molar refractivity (Wildman–Crippen MR) is 91.5 cm³/mol. The van der Waals surface area contributed by atoms with Crippen molar-refractivity contribution in [1.29, 1.82) is 0 Å². The highest BCUT2D eigenvalue weighted by molar-refractivity contribution is 14.0. The number of benzene rings is 1. The second kappa shape index (κ2) is 9.89. The van der Waals surface area contributed by atoms with Crippen LogP contribution in [-0.2, 0) is 6.54 Å². The molecule has 0 aliphatic heterocycles. The molecular formula is C14H24IN3O. The van der Waals surface area contributed by atoms with E-state index in [1.54, 1.807) is 7.05 Å². The van der Waals surface area contributed by atoms with Gasteiger partial charge in [0.1, 0.15) is 5.75 Å². The summed E-state index contributed by atoms with van der Waals surface area (Å²) in [6, 6.07) is 8.17. The zero-order valence-electron chi connectivity index (χ0n) is 12.1. The molecule has 1 aromatic rings. The van der Waals surface area contributed by atoms with Crippen molar-refractivity contribution in [2.24, 2.45) is 4.99 Å². The first-order valence-electron chi connectivity index (χ1n) is 6.34. The summed E-state index contributed by atoms with van der Waals surface area (Å²) < 4.78 is 5.42. The summed E-state index contributed by atoms with van der Waals surface area (Å²) in [5, 5.41) is 3.24. The highest BCUT2D eigenvalue weighted by atomic mass is 127. The SMILES string of the molecule is CCNC(=NC)N(C)Cc1ccc(OCC)cc1.I. The van der Waals surface area contributed by atoms with Crippen molar-refractivity contribution in [2.45, 2.75) is 20.4 Å². The highest BCUT2D eigenvalue weighted by Gasteiger charge is 2.05. The van der Waals surface area contributed by atoms with E-state index in [0.717, 1.165) is 24.8 Å². The lowest BCUT2D eigenvalue weighted by Crippen LogP contribution is -2.38. The Labute approximate surface area is 133 Å². The number of nitrogens with zero attached hydrogens (tertiary/aromatic N) is 2. The fourth-order valence-corrected chi connectivity index (χ4v) is 1.75. The van der Waals surface area contributed by atoms with Crippen LogP contribution in [-0.4, -0.2) is 38.1 Å². The molecule has 0 aliphatic carbocycles. The van der Waals surface area contributed by atoms with Gasteiger partial charge >= 0.3 is 0 Å². The molecule has 0 radical (unpaired) electrons. The van der Waals surface area contributed by atoms with Gasteiger partial charge in [0.25, 0.3) is 0 Å². The average molecular weight is 377 g/mol. The van der Waals surface area contributed by atoms with Crippen molar-refractivity contribution < 1.29 is 4.74 Å². The third-order valence-electron chi connectivity index (χ3n) is 2.56. The molecule has 1 rings (SSSR count). The van der Waals surface area contributed by atoms with E-state index in [2.05, 4.69) is 34.3 Å². The summed E-state index contributed by atoms with van der Waals surface area (Å²) in [5.74, 6) is 1.83. The third-order valence-corrected chi connectivity index (χ3v) is 2.56. The van der Waals surface area contributed by atoms with Gasteiger partial charge in [-0.15, -0.1) is 24.0 Å². The van der Waals surface area contributed by atoms with Crippen LogP contribution in [0.5, 0.6) is 5.75 Å². The summed E-state index contributed by atoms with van der Waals surface area (Å²) in [4.78, 5) is 6.32. The van der Waals surface area contributed by atoms with Crippen LogP contribution in [0, 0.1) is 0 Å². The standard InChI is InChI=1S/C14H23N3O.HI/c1-5-16-14(15-3)17(4)11-12-7-9-13(10-8-12)18-6-2;/h7-10H,5-6,11H2,1-4H3,(H,15,16);1H. The number of halogens is 1. The van der Waals surface area contributed by atoms with Gasteiger partial charge in [0.2, 0.25) is 0 Å². The minimum absolute atomic E-state index is 0. The van der Waals surface area contributed by atoms with Crippen LogP contribution >= 0.6 is 24.0 Å². The summed E-state index contributed by atoms with van der Waals surface area (Å²) >= 11 is 0. The van der Waals surface area contributed by atoms with Crippen molar-refractivity contribution in [3.63, 3.8) is 0 Å². The molecule has 0 heterocycles. The molecule has 0 aliphatic rings. The molecule has 5 heteroatoms. The molecular weight excluding hydrogens is 353 g/mol. The van der Waals surface area contributed by atoms with E-state index in [1.807, 2.05) is 26.1 Å². The smallest absolute Gasteiger partial charge is 0.193 e. The van der Waals surface area contributed by atoms with E-state index < -0.39 is 0 Å². The van der Waals surface area contributed by atoms with Crippen molar-refractivity contribution in [2.75, 3.05) is 27.2 Å². The van der Waals surface area contributed by atoms with Crippen molar-refractivity contribution in [1.82, 2.24) is 10.2 Å².